The predicted octanol–water partition coefficient (Wildman–Crippen LogP) is 7.43. The van der Waals surface area contributed by atoms with Gasteiger partial charge in [0.2, 0.25) is 0 Å². The lowest BCUT2D eigenvalue weighted by atomic mass is 10.1. The maximum absolute atomic E-state index is 13.8. The van der Waals surface area contributed by atoms with Crippen molar-refractivity contribution in [1.82, 2.24) is 0 Å². The highest BCUT2D eigenvalue weighted by Gasteiger charge is 2.37. The quantitative estimate of drug-likeness (QED) is 0.177. The van der Waals surface area contributed by atoms with Gasteiger partial charge in [-0.25, -0.2) is 4.79 Å². The number of aromatic carboxylic acids is 1. The summed E-state index contributed by atoms with van der Waals surface area (Å²) in [5.74, 6) is -0.121. The third-order valence-electron chi connectivity index (χ3n) is 10.4. The number of nitrogens with zero attached hydrogens (tertiary/aromatic N) is 4. The first-order valence-electron chi connectivity index (χ1n) is 17.7. The van der Waals surface area contributed by atoms with Gasteiger partial charge >= 0.3 is 5.97 Å². The van der Waals surface area contributed by atoms with E-state index in [1.54, 1.807) is 52.4 Å². The van der Waals surface area contributed by atoms with Crippen LogP contribution in [0.2, 0.25) is 0 Å². The molecule has 0 aliphatic carbocycles. The lowest BCUT2D eigenvalue weighted by Crippen LogP contribution is -2.37. The number of anilines is 2. The molecule has 5 aromatic carbocycles. The first-order chi connectivity index (χ1) is 26.2. The van der Waals surface area contributed by atoms with Crippen LogP contribution in [-0.4, -0.2) is 54.5 Å². The standard InChI is InChI=1S/C43H34N4O7/c1-24-11-32-34(44-20-30-15-27-7-3-5-9-36(27)46(30)41(32)48)18-38(24)53-22-25-12-26(14-29(13-25)43(50)51)23-54-40-19-35-33(17-39(40)52-2)42(49)47-31(21-45-35)16-28-8-4-6-10-37(28)47/h3-14,17-21,30-31H,15-16,22-23H2,1-2H3,(H,50,51)/t30-,31-/m0/s1. The number of carboxylic acid groups (broad SMARTS) is 1. The molecule has 0 unspecified atom stereocenters. The van der Waals surface area contributed by atoms with Crippen LogP contribution in [0.25, 0.3) is 0 Å². The maximum atomic E-state index is 13.8. The first-order valence-corrected chi connectivity index (χ1v) is 17.7. The van der Waals surface area contributed by atoms with Crippen molar-refractivity contribution >= 4 is 53.0 Å². The second-order valence-corrected chi connectivity index (χ2v) is 13.8. The highest BCUT2D eigenvalue weighted by molar-refractivity contribution is 6.15. The van der Waals surface area contributed by atoms with Crippen molar-refractivity contribution in [2.45, 2.75) is 45.1 Å². The Bertz CT molecular complexity index is 2470. The van der Waals surface area contributed by atoms with Gasteiger partial charge in [0.1, 0.15) is 19.0 Å². The number of hydrogen-bond donors (Lipinski definition) is 1. The van der Waals surface area contributed by atoms with E-state index in [2.05, 4.69) is 4.99 Å². The summed E-state index contributed by atoms with van der Waals surface area (Å²) < 4.78 is 18.1. The van der Waals surface area contributed by atoms with E-state index >= 15 is 0 Å². The topological polar surface area (TPSA) is 130 Å². The number of ether oxygens (including phenoxy) is 3. The minimum atomic E-state index is -1.09. The van der Waals surface area contributed by atoms with Crippen molar-refractivity contribution < 1.29 is 33.7 Å². The second-order valence-electron chi connectivity index (χ2n) is 13.8. The molecule has 0 saturated heterocycles. The zero-order chi connectivity index (χ0) is 37.1. The number of carbonyl (C=O) groups excluding carboxylic acids is 2. The number of fused-ring (bicyclic) bond motifs is 8. The molecule has 54 heavy (non-hydrogen) atoms. The fourth-order valence-corrected chi connectivity index (χ4v) is 7.76. The molecule has 0 bridgehead atoms. The molecule has 0 aromatic heterocycles. The van der Waals surface area contributed by atoms with Crippen molar-refractivity contribution in [2.75, 3.05) is 16.9 Å². The Hall–Kier alpha value is -6.75. The molecule has 9 rings (SSSR count). The van der Waals surface area contributed by atoms with Crippen molar-refractivity contribution in [3.8, 4) is 17.2 Å². The van der Waals surface area contributed by atoms with Crippen LogP contribution in [0.1, 0.15) is 58.9 Å². The van der Waals surface area contributed by atoms with Gasteiger partial charge in [-0.05, 0) is 77.2 Å². The Morgan fingerprint density at radius 2 is 1.22 bits per heavy atom. The number of carbonyl (C=O) groups is 3. The van der Waals surface area contributed by atoms with Crippen molar-refractivity contribution in [1.29, 1.82) is 0 Å². The normalized spacial score (nSPS) is 17.4. The van der Waals surface area contributed by atoms with Gasteiger partial charge < -0.3 is 19.3 Å². The molecule has 0 saturated carbocycles. The van der Waals surface area contributed by atoms with Crippen LogP contribution in [0, 0.1) is 6.92 Å². The van der Waals surface area contributed by atoms with Gasteiger partial charge in [-0.15, -0.1) is 0 Å². The Labute approximate surface area is 310 Å². The van der Waals surface area contributed by atoms with Crippen LogP contribution in [0.5, 0.6) is 17.2 Å². The number of hydrogen-bond acceptors (Lipinski definition) is 8. The molecule has 11 nitrogen and oxygen atoms in total. The molecular formula is C43H34N4O7. The van der Waals surface area contributed by atoms with E-state index in [4.69, 9.17) is 19.2 Å². The summed E-state index contributed by atoms with van der Waals surface area (Å²) in [7, 11) is 1.50. The number of amides is 2. The molecule has 268 valence electrons. The van der Waals surface area contributed by atoms with E-state index in [9.17, 15) is 19.5 Å². The summed E-state index contributed by atoms with van der Waals surface area (Å²) in [6.45, 7) is 1.94. The molecular weight excluding hydrogens is 684 g/mol. The Morgan fingerprint density at radius 3 is 1.78 bits per heavy atom. The molecule has 4 aliphatic heterocycles. The largest absolute Gasteiger partial charge is 0.493 e. The van der Waals surface area contributed by atoms with Crippen LogP contribution >= 0.6 is 0 Å². The summed E-state index contributed by atoms with van der Waals surface area (Å²) in [5, 5.41) is 9.95. The number of benzene rings is 5. The number of methoxy groups -OCH3 is 1. The summed E-state index contributed by atoms with van der Waals surface area (Å²) in [4.78, 5) is 52.7. The molecule has 4 aliphatic rings. The van der Waals surface area contributed by atoms with E-state index in [1.165, 1.54) is 7.11 Å². The van der Waals surface area contributed by atoms with Crippen molar-refractivity contribution in [2.24, 2.45) is 9.98 Å². The second kappa shape index (κ2) is 13.0. The van der Waals surface area contributed by atoms with Crippen LogP contribution in [0.15, 0.2) is 101 Å². The molecule has 0 spiro atoms. The molecule has 5 aromatic rings. The SMILES string of the molecule is COc1cc2c(cc1OCc1cc(COc3cc4c(cc3C)C(=O)N3c5ccccc5C[C@H]3C=N4)cc(C(=O)O)c1)N=C[C@@H]1Cc3ccccc3N1C2=O. The van der Waals surface area contributed by atoms with Gasteiger partial charge in [-0.1, -0.05) is 36.4 Å². The molecule has 0 radical (unpaired) electrons. The smallest absolute Gasteiger partial charge is 0.335 e. The zero-order valence-corrected chi connectivity index (χ0v) is 29.5. The highest BCUT2D eigenvalue weighted by Crippen LogP contribution is 2.42. The molecule has 0 fully saturated rings. The molecule has 4 heterocycles. The summed E-state index contributed by atoms with van der Waals surface area (Å²) >= 11 is 0. The van der Waals surface area contributed by atoms with E-state index in [0.29, 0.717) is 63.7 Å². The van der Waals surface area contributed by atoms with Gasteiger partial charge in [-0.2, -0.15) is 0 Å². The minimum Gasteiger partial charge on any atom is -0.493 e. The van der Waals surface area contributed by atoms with Gasteiger partial charge in [0, 0.05) is 48.8 Å². The summed E-state index contributed by atoms with van der Waals surface area (Å²) in [6, 6.07) is 27.2. The summed E-state index contributed by atoms with van der Waals surface area (Å²) in [5.41, 5.74) is 7.90. The number of aryl methyl sites for hydroxylation is 1. The van der Waals surface area contributed by atoms with E-state index in [1.807, 2.05) is 67.7 Å². The van der Waals surface area contributed by atoms with Crippen LogP contribution in [0.3, 0.4) is 0 Å². The highest BCUT2D eigenvalue weighted by atomic mass is 16.5. The van der Waals surface area contributed by atoms with Gasteiger partial charge in [0.15, 0.2) is 11.5 Å². The van der Waals surface area contributed by atoms with E-state index in [0.717, 1.165) is 28.1 Å². The first kappa shape index (κ1) is 33.1. The fraction of sp³-hybridized carbons (Fsp3) is 0.186. The Balaban J connectivity index is 0.941. The Morgan fingerprint density at radius 1 is 0.704 bits per heavy atom. The monoisotopic (exact) mass is 718 g/mol. The zero-order valence-electron chi connectivity index (χ0n) is 29.5. The lowest BCUT2D eigenvalue weighted by Gasteiger charge is -2.22. The average molecular weight is 719 g/mol. The number of rotatable bonds is 8. The van der Waals surface area contributed by atoms with Crippen LogP contribution in [0.4, 0.5) is 22.7 Å². The maximum Gasteiger partial charge on any atom is 0.335 e. The average Bonchev–Trinajstić information content (AvgIpc) is 3.67. The molecule has 2 atom stereocenters. The van der Waals surface area contributed by atoms with Gasteiger partial charge in [0.25, 0.3) is 11.8 Å². The third kappa shape index (κ3) is 5.65. The van der Waals surface area contributed by atoms with Crippen molar-refractivity contribution in [3.05, 3.63) is 136 Å². The number of carboxylic acids is 1. The Kier molecular flexibility index (Phi) is 7.99. The van der Waals surface area contributed by atoms with Crippen LogP contribution in [-0.2, 0) is 26.1 Å². The fourth-order valence-electron chi connectivity index (χ4n) is 7.76. The molecule has 11 heteroatoms. The van der Waals surface area contributed by atoms with E-state index < -0.39 is 5.97 Å². The van der Waals surface area contributed by atoms with Gasteiger partial charge in [0.05, 0.1) is 47.3 Å². The number of aliphatic imine (C=N–C) groups is 2. The van der Waals surface area contributed by atoms with Crippen molar-refractivity contribution in [3.63, 3.8) is 0 Å². The predicted molar refractivity (Wildman–Crippen MR) is 204 cm³/mol. The number of para-hydroxylation sites is 2. The molecule has 2 amide bonds. The van der Waals surface area contributed by atoms with Gasteiger partial charge in [-0.3, -0.25) is 29.4 Å². The van der Waals surface area contributed by atoms with Crippen LogP contribution < -0.4 is 24.0 Å². The lowest BCUT2D eigenvalue weighted by molar-refractivity contribution is 0.0696. The molecule has 1 N–H and O–H groups in total. The van der Waals surface area contributed by atoms with E-state index in [-0.39, 0.29) is 42.7 Å². The summed E-state index contributed by atoms with van der Waals surface area (Å²) in [6.07, 6.45) is 4.99. The minimum absolute atomic E-state index is 0.0124. The third-order valence-corrected chi connectivity index (χ3v) is 10.4.